The third kappa shape index (κ3) is 12.4. The molecule has 1 atom stereocenters. The van der Waals surface area contributed by atoms with Gasteiger partial charge in [0.05, 0.1) is 25.0 Å². The zero-order valence-electron chi connectivity index (χ0n) is 22.0. The van der Waals surface area contributed by atoms with E-state index in [1.807, 2.05) is 4.90 Å². The minimum absolute atomic E-state index is 0.0193. The number of rotatable bonds is 19. The second-order valence-corrected chi connectivity index (χ2v) is 9.54. The Balaban J connectivity index is 1.60. The molecule has 1 aromatic rings. The molecule has 208 valence electrons. The monoisotopic (exact) mass is 531 g/mol. The van der Waals surface area contributed by atoms with Crippen LogP contribution in [0.5, 0.6) is 0 Å². The molecule has 0 radical (unpaired) electrons. The number of aromatic nitrogens is 2. The highest BCUT2D eigenvalue weighted by Gasteiger charge is 2.25. The van der Waals surface area contributed by atoms with Gasteiger partial charge in [-0.15, -0.1) is 0 Å². The van der Waals surface area contributed by atoms with Crippen LogP contribution in [0.2, 0.25) is 0 Å². The van der Waals surface area contributed by atoms with Crippen molar-refractivity contribution < 1.29 is 38.6 Å². The average Bonchev–Trinajstić information content (AvgIpc) is 2.91. The molecule has 11 nitrogen and oxygen atoms in total. The van der Waals surface area contributed by atoms with Crippen molar-refractivity contribution in [3.63, 3.8) is 0 Å². The maximum Gasteiger partial charge on any atom is 0.225 e. The van der Waals surface area contributed by atoms with Gasteiger partial charge in [-0.3, -0.25) is 24.0 Å². The van der Waals surface area contributed by atoms with Crippen LogP contribution in [0.15, 0.2) is 12.3 Å². The zero-order valence-corrected chi connectivity index (χ0v) is 22.0. The van der Waals surface area contributed by atoms with Crippen LogP contribution >= 0.6 is 0 Å². The van der Waals surface area contributed by atoms with Crippen molar-refractivity contribution in [3.8, 4) is 0 Å². The fraction of sp³-hybridized carbons (Fsp3) is 0.630. The van der Waals surface area contributed by atoms with Gasteiger partial charge in [0.2, 0.25) is 5.95 Å². The molecule has 0 aromatic carbocycles. The fourth-order valence-corrected chi connectivity index (χ4v) is 3.94. The molecular formula is C27H37N3O8. The first-order valence-electron chi connectivity index (χ1n) is 13.0. The Kier molecular flexibility index (Phi) is 13.6. The highest BCUT2D eigenvalue weighted by molar-refractivity contribution is 5.92. The number of anilines is 1. The molecule has 2 rings (SSSR count). The van der Waals surface area contributed by atoms with Crippen LogP contribution in [0, 0.1) is 0 Å². The zero-order chi connectivity index (χ0) is 27.9. The molecule has 1 aromatic heterocycles. The number of Topliss-reactive ketones (excluding diaryl/α,β-unsaturated/α-hetero) is 6. The highest BCUT2D eigenvalue weighted by atomic mass is 16.5. The molecule has 0 spiro atoms. The van der Waals surface area contributed by atoms with Gasteiger partial charge in [0.1, 0.15) is 34.7 Å². The normalized spacial score (nSPS) is 15.2. The minimum Gasteiger partial charge on any atom is -0.390 e. The Bertz CT molecular complexity index is 1010. The molecule has 0 amide bonds. The van der Waals surface area contributed by atoms with Crippen LogP contribution in [0.1, 0.15) is 83.2 Å². The summed E-state index contributed by atoms with van der Waals surface area (Å²) in [6.07, 6.45) is 2.01. The SMILES string of the molecule is CC(=O)CCC(=O)CCC(=O)CCC(=O)CCC(=O)CCC(=O)C[C@@H]1CN(c2nccc(CO)n2)CCO1. The minimum atomic E-state index is -0.351. The number of aliphatic hydroxyl groups excluding tert-OH is 1. The maximum absolute atomic E-state index is 12.4. The van der Waals surface area contributed by atoms with Crippen LogP contribution in [-0.2, 0) is 40.1 Å². The molecule has 1 N–H and O–H groups in total. The van der Waals surface area contributed by atoms with E-state index in [4.69, 9.17) is 4.74 Å². The summed E-state index contributed by atoms with van der Waals surface area (Å²) in [7, 11) is 0. The van der Waals surface area contributed by atoms with Crippen molar-refractivity contribution in [2.24, 2.45) is 0 Å². The van der Waals surface area contributed by atoms with Gasteiger partial charge >= 0.3 is 0 Å². The summed E-state index contributed by atoms with van der Waals surface area (Å²) in [5.41, 5.74) is 0.506. The summed E-state index contributed by atoms with van der Waals surface area (Å²) in [6, 6.07) is 1.63. The van der Waals surface area contributed by atoms with Crippen molar-refractivity contribution in [1.82, 2.24) is 9.97 Å². The van der Waals surface area contributed by atoms with Crippen molar-refractivity contribution in [2.45, 2.75) is 90.3 Å². The standard InChI is InChI=1S/C27H37N3O8/c1-19(32)2-3-21(33)4-5-22(34)6-7-23(35)8-9-24(36)10-11-25(37)16-26-17-30(14-15-38-26)27-28-13-12-20(18-31)29-27/h12-13,26,31H,2-11,14-18H2,1H3/t26-/m1/s1. The van der Waals surface area contributed by atoms with Crippen LogP contribution in [0.4, 0.5) is 5.95 Å². The summed E-state index contributed by atoms with van der Waals surface area (Å²) >= 11 is 0. The van der Waals surface area contributed by atoms with E-state index < -0.39 is 0 Å². The molecule has 11 heteroatoms. The summed E-state index contributed by atoms with van der Waals surface area (Å²) in [4.78, 5) is 81.4. The first-order valence-corrected chi connectivity index (χ1v) is 13.0. The number of carbonyl (C=O) groups is 6. The summed E-state index contributed by atoms with van der Waals surface area (Å²) in [5, 5.41) is 9.26. The fourth-order valence-electron chi connectivity index (χ4n) is 3.94. The van der Waals surface area contributed by atoms with Crippen molar-refractivity contribution in [2.75, 3.05) is 24.6 Å². The summed E-state index contributed by atoms with van der Waals surface area (Å²) < 4.78 is 5.68. The van der Waals surface area contributed by atoms with Crippen LogP contribution < -0.4 is 4.90 Å². The Hall–Kier alpha value is -3.18. The number of ether oxygens (including phenoxy) is 1. The van der Waals surface area contributed by atoms with Crippen molar-refractivity contribution in [1.29, 1.82) is 0 Å². The lowest BCUT2D eigenvalue weighted by Crippen LogP contribution is -2.44. The van der Waals surface area contributed by atoms with Gasteiger partial charge in [0.25, 0.3) is 0 Å². The predicted octanol–water partition coefficient (Wildman–Crippen LogP) is 1.90. The smallest absolute Gasteiger partial charge is 0.225 e. The number of aliphatic hydroxyl groups is 1. The molecule has 0 unspecified atom stereocenters. The van der Waals surface area contributed by atoms with Gasteiger partial charge in [-0.25, -0.2) is 9.97 Å². The topological polar surface area (TPSA) is 161 Å². The quantitative estimate of drug-likeness (QED) is 0.277. The largest absolute Gasteiger partial charge is 0.390 e. The molecule has 2 heterocycles. The number of ketones is 6. The third-order valence-electron chi connectivity index (χ3n) is 6.23. The van der Waals surface area contributed by atoms with Gasteiger partial charge in [0.15, 0.2) is 0 Å². The van der Waals surface area contributed by atoms with Crippen LogP contribution in [-0.4, -0.2) is 75.6 Å². The number of morpholine rings is 1. The lowest BCUT2D eigenvalue weighted by Gasteiger charge is -2.32. The second-order valence-electron chi connectivity index (χ2n) is 9.54. The Morgan fingerprint density at radius 1 is 0.842 bits per heavy atom. The lowest BCUT2D eigenvalue weighted by molar-refractivity contribution is -0.128. The molecule has 1 saturated heterocycles. The number of nitrogens with zero attached hydrogens (tertiary/aromatic N) is 3. The van der Waals surface area contributed by atoms with E-state index in [9.17, 15) is 33.9 Å². The first-order chi connectivity index (χ1) is 18.2. The molecule has 1 aliphatic heterocycles. The summed E-state index contributed by atoms with van der Waals surface area (Å²) in [5.74, 6) is -0.436. The van der Waals surface area contributed by atoms with E-state index in [0.29, 0.717) is 31.3 Å². The highest BCUT2D eigenvalue weighted by Crippen LogP contribution is 2.16. The van der Waals surface area contributed by atoms with E-state index >= 15 is 0 Å². The molecule has 0 saturated carbocycles. The molecular weight excluding hydrogens is 494 g/mol. The third-order valence-corrected chi connectivity index (χ3v) is 6.23. The Labute approximate surface area is 222 Å². The van der Waals surface area contributed by atoms with E-state index in [0.717, 1.165) is 0 Å². The van der Waals surface area contributed by atoms with E-state index in [2.05, 4.69) is 9.97 Å². The maximum atomic E-state index is 12.4. The molecule has 38 heavy (non-hydrogen) atoms. The Morgan fingerprint density at radius 2 is 1.34 bits per heavy atom. The van der Waals surface area contributed by atoms with Gasteiger partial charge < -0.3 is 19.5 Å². The van der Waals surface area contributed by atoms with Gasteiger partial charge in [-0.05, 0) is 13.0 Å². The van der Waals surface area contributed by atoms with Gasteiger partial charge in [-0.2, -0.15) is 0 Å². The molecule has 0 aliphatic carbocycles. The summed E-state index contributed by atoms with van der Waals surface area (Å²) in [6.45, 7) is 2.62. The van der Waals surface area contributed by atoms with Gasteiger partial charge in [0, 0.05) is 89.9 Å². The number of carbonyl (C=O) groups excluding carboxylic acids is 6. The number of hydrogen-bond acceptors (Lipinski definition) is 11. The average molecular weight is 532 g/mol. The second kappa shape index (κ2) is 16.6. The predicted molar refractivity (Wildman–Crippen MR) is 136 cm³/mol. The van der Waals surface area contributed by atoms with E-state index in [1.54, 1.807) is 12.3 Å². The van der Waals surface area contributed by atoms with Crippen molar-refractivity contribution >= 4 is 40.6 Å². The molecule has 1 fully saturated rings. The Morgan fingerprint density at radius 3 is 1.84 bits per heavy atom. The number of hydrogen-bond donors (Lipinski definition) is 1. The van der Waals surface area contributed by atoms with E-state index in [-0.39, 0.29) is 118 Å². The van der Waals surface area contributed by atoms with Crippen molar-refractivity contribution in [3.05, 3.63) is 18.0 Å². The van der Waals surface area contributed by atoms with Crippen LogP contribution in [0.3, 0.4) is 0 Å². The molecule has 1 aliphatic rings. The first kappa shape index (κ1) is 31.0. The lowest BCUT2D eigenvalue weighted by atomic mass is 10.0. The van der Waals surface area contributed by atoms with Gasteiger partial charge in [-0.1, -0.05) is 0 Å². The van der Waals surface area contributed by atoms with E-state index in [1.165, 1.54) is 6.92 Å². The molecule has 0 bridgehead atoms. The van der Waals surface area contributed by atoms with Crippen LogP contribution in [0.25, 0.3) is 0 Å².